The largest absolute Gasteiger partial charge is 0.386 e. The van der Waals surface area contributed by atoms with Gasteiger partial charge in [-0.2, -0.15) is 0 Å². The molecular weight excluding hydrogens is 324 g/mol. The number of nitrogens with one attached hydrogen (secondary N) is 2. The van der Waals surface area contributed by atoms with Crippen molar-refractivity contribution >= 4 is 11.5 Å². The van der Waals surface area contributed by atoms with Gasteiger partial charge in [0.05, 0.1) is 6.04 Å². The topological polar surface area (TPSA) is 66.4 Å². The minimum atomic E-state index is -0.0866. The smallest absolute Gasteiger partial charge is 0.204 e. The van der Waals surface area contributed by atoms with Gasteiger partial charge >= 0.3 is 0 Å². The summed E-state index contributed by atoms with van der Waals surface area (Å²) in [6, 6.07) is 2.16. The molecular formula is C21H26N4O. The molecule has 0 spiro atoms. The van der Waals surface area contributed by atoms with Crippen LogP contribution in [-0.2, 0) is 11.3 Å². The third-order valence-corrected chi connectivity index (χ3v) is 4.66. The number of ketones is 1. The van der Waals surface area contributed by atoms with Gasteiger partial charge in [-0.1, -0.05) is 12.1 Å². The maximum absolute atomic E-state index is 12.3. The van der Waals surface area contributed by atoms with Crippen molar-refractivity contribution in [3.05, 3.63) is 65.3 Å². The van der Waals surface area contributed by atoms with Gasteiger partial charge in [0.25, 0.3) is 0 Å². The molecule has 1 aromatic heterocycles. The summed E-state index contributed by atoms with van der Waals surface area (Å²) in [6.45, 7) is 4.62. The monoisotopic (exact) mass is 350 g/mol. The molecule has 0 bridgehead atoms. The standard InChI is InChI=1S/C21H26N4O/c1-4-5-19(26)21-17(18(22-3)8-9-24-21)13-23-11-15-10-14(2)20(25-12-15)16-6-7-16/h4-5,8-10,12-13,16,18,22-23H,6-7,11H2,1-3H3/b5-4?,17-13+. The van der Waals surface area contributed by atoms with Crippen LogP contribution in [0.1, 0.15) is 42.5 Å². The van der Waals surface area contributed by atoms with Crippen LogP contribution in [0.2, 0.25) is 0 Å². The van der Waals surface area contributed by atoms with Crippen LogP contribution in [0.4, 0.5) is 0 Å². The zero-order valence-corrected chi connectivity index (χ0v) is 15.6. The van der Waals surface area contributed by atoms with Gasteiger partial charge in [-0.15, -0.1) is 0 Å². The van der Waals surface area contributed by atoms with E-state index < -0.39 is 0 Å². The number of pyridine rings is 1. The molecule has 2 heterocycles. The van der Waals surface area contributed by atoms with Crippen molar-refractivity contribution in [2.45, 2.75) is 45.2 Å². The lowest BCUT2D eigenvalue weighted by atomic mass is 9.97. The first-order valence-electron chi connectivity index (χ1n) is 9.12. The van der Waals surface area contributed by atoms with Gasteiger partial charge in [0.2, 0.25) is 5.78 Å². The third kappa shape index (κ3) is 4.17. The number of aromatic nitrogens is 1. The van der Waals surface area contributed by atoms with E-state index in [2.05, 4.69) is 33.6 Å². The highest BCUT2D eigenvalue weighted by Gasteiger charge is 2.26. The molecule has 0 aromatic carbocycles. The molecule has 1 aromatic rings. The number of rotatable bonds is 7. The number of aryl methyl sites for hydroxylation is 1. The molecule has 1 unspecified atom stereocenters. The normalized spacial score (nSPS) is 21.3. The molecule has 5 heteroatoms. The maximum atomic E-state index is 12.3. The molecule has 2 N–H and O–H groups in total. The number of hydrogen-bond donors (Lipinski definition) is 2. The number of likely N-dealkylation sites (N-methyl/N-ethyl adjacent to an activating group) is 1. The molecule has 0 amide bonds. The minimum Gasteiger partial charge on any atom is -0.386 e. The van der Waals surface area contributed by atoms with Crippen LogP contribution in [0, 0.1) is 6.92 Å². The van der Waals surface area contributed by atoms with E-state index in [1.165, 1.54) is 24.1 Å². The number of allylic oxidation sites excluding steroid dienone is 2. The lowest BCUT2D eigenvalue weighted by molar-refractivity contribution is -0.108. The Morgan fingerprint density at radius 3 is 2.85 bits per heavy atom. The van der Waals surface area contributed by atoms with Crippen LogP contribution in [0.3, 0.4) is 0 Å². The van der Waals surface area contributed by atoms with Crippen molar-refractivity contribution < 1.29 is 4.79 Å². The second-order valence-electron chi connectivity index (χ2n) is 6.75. The average Bonchev–Trinajstić information content (AvgIpc) is 3.47. The summed E-state index contributed by atoms with van der Waals surface area (Å²) in [4.78, 5) is 21.2. The third-order valence-electron chi connectivity index (χ3n) is 4.66. The first kappa shape index (κ1) is 18.3. The van der Waals surface area contributed by atoms with E-state index in [1.54, 1.807) is 18.4 Å². The van der Waals surface area contributed by atoms with E-state index in [1.807, 2.05) is 32.4 Å². The molecule has 1 aliphatic carbocycles. The van der Waals surface area contributed by atoms with Gasteiger partial charge in [-0.25, -0.2) is 0 Å². The summed E-state index contributed by atoms with van der Waals surface area (Å²) in [5.41, 5.74) is 4.95. The van der Waals surface area contributed by atoms with Crippen LogP contribution in [-0.4, -0.2) is 29.6 Å². The van der Waals surface area contributed by atoms with E-state index in [-0.39, 0.29) is 11.8 Å². The second-order valence-corrected chi connectivity index (χ2v) is 6.75. The molecule has 5 nitrogen and oxygen atoms in total. The maximum Gasteiger partial charge on any atom is 0.204 e. The molecule has 3 rings (SSSR count). The first-order valence-corrected chi connectivity index (χ1v) is 9.12. The fourth-order valence-corrected chi connectivity index (χ4v) is 3.18. The van der Waals surface area contributed by atoms with Gasteiger partial charge in [0.15, 0.2) is 0 Å². The quantitative estimate of drug-likeness (QED) is 0.742. The van der Waals surface area contributed by atoms with Crippen LogP contribution in [0.25, 0.3) is 0 Å². The SMILES string of the molecule is CC=CC(=O)C1=NC=CC(NC)/C1=C\NCc1cnc(C2CC2)c(C)c1. The molecule has 1 aliphatic heterocycles. The molecule has 1 atom stereocenters. The molecule has 26 heavy (non-hydrogen) atoms. The Balaban J connectivity index is 1.72. The fourth-order valence-electron chi connectivity index (χ4n) is 3.18. The Morgan fingerprint density at radius 1 is 1.38 bits per heavy atom. The number of hydrogen-bond acceptors (Lipinski definition) is 5. The summed E-state index contributed by atoms with van der Waals surface area (Å²) >= 11 is 0. The molecule has 0 saturated heterocycles. The summed E-state index contributed by atoms with van der Waals surface area (Å²) in [5, 5.41) is 6.52. The molecule has 136 valence electrons. The summed E-state index contributed by atoms with van der Waals surface area (Å²) in [7, 11) is 1.87. The zero-order valence-electron chi connectivity index (χ0n) is 15.6. The lowest BCUT2D eigenvalue weighted by Gasteiger charge is -2.20. The summed E-state index contributed by atoms with van der Waals surface area (Å²) < 4.78 is 0. The second kappa shape index (κ2) is 8.23. The lowest BCUT2D eigenvalue weighted by Crippen LogP contribution is -2.34. The van der Waals surface area contributed by atoms with E-state index >= 15 is 0 Å². The number of nitrogens with zero attached hydrogens (tertiary/aromatic N) is 2. The highest BCUT2D eigenvalue weighted by molar-refractivity contribution is 6.50. The fraction of sp³-hybridized carbons (Fsp3) is 0.381. The Hall–Kier alpha value is -2.53. The Morgan fingerprint density at radius 2 is 2.19 bits per heavy atom. The van der Waals surface area contributed by atoms with Crippen LogP contribution in [0.5, 0.6) is 0 Å². The predicted octanol–water partition coefficient (Wildman–Crippen LogP) is 2.94. The van der Waals surface area contributed by atoms with Crippen LogP contribution < -0.4 is 10.6 Å². The average molecular weight is 350 g/mol. The Kier molecular flexibility index (Phi) is 5.78. The summed E-state index contributed by atoms with van der Waals surface area (Å²) in [5.74, 6) is 0.581. The van der Waals surface area contributed by atoms with E-state index in [9.17, 15) is 4.79 Å². The van der Waals surface area contributed by atoms with Gasteiger partial charge in [-0.3, -0.25) is 14.8 Å². The van der Waals surface area contributed by atoms with E-state index in [4.69, 9.17) is 0 Å². The van der Waals surface area contributed by atoms with Crippen molar-refractivity contribution in [3.8, 4) is 0 Å². The molecule has 1 fully saturated rings. The van der Waals surface area contributed by atoms with Gasteiger partial charge < -0.3 is 10.6 Å². The summed E-state index contributed by atoms with van der Waals surface area (Å²) in [6.07, 6.45) is 13.3. The van der Waals surface area contributed by atoms with Gasteiger partial charge in [-0.05, 0) is 57.0 Å². The molecule has 2 aliphatic rings. The highest BCUT2D eigenvalue weighted by atomic mass is 16.1. The number of carbonyl (C=O) groups is 1. The van der Waals surface area contributed by atoms with Gasteiger partial charge in [0.1, 0.15) is 5.71 Å². The van der Waals surface area contributed by atoms with Crippen LogP contribution in [0.15, 0.2) is 53.5 Å². The molecule has 1 saturated carbocycles. The van der Waals surface area contributed by atoms with Crippen LogP contribution >= 0.6 is 0 Å². The molecule has 0 radical (unpaired) electrons. The van der Waals surface area contributed by atoms with E-state index in [0.717, 1.165) is 11.1 Å². The Labute approximate surface area is 155 Å². The van der Waals surface area contributed by atoms with Gasteiger partial charge in [0, 0.05) is 42.3 Å². The minimum absolute atomic E-state index is 0.0405. The Bertz CT molecular complexity index is 800. The van der Waals surface area contributed by atoms with Crippen molar-refractivity contribution in [1.29, 1.82) is 0 Å². The van der Waals surface area contributed by atoms with Crippen molar-refractivity contribution in [2.75, 3.05) is 7.05 Å². The van der Waals surface area contributed by atoms with E-state index in [0.29, 0.717) is 18.2 Å². The first-order chi connectivity index (χ1) is 12.6. The number of carbonyl (C=O) groups excluding carboxylic acids is 1. The predicted molar refractivity (Wildman–Crippen MR) is 105 cm³/mol. The zero-order chi connectivity index (χ0) is 18.5. The van der Waals surface area contributed by atoms with Crippen molar-refractivity contribution in [3.63, 3.8) is 0 Å². The number of aliphatic imine (C=N–C) groups is 1. The van der Waals surface area contributed by atoms with Crippen molar-refractivity contribution in [1.82, 2.24) is 15.6 Å². The van der Waals surface area contributed by atoms with Crippen molar-refractivity contribution in [2.24, 2.45) is 4.99 Å². The highest BCUT2D eigenvalue weighted by Crippen LogP contribution is 2.40.